The van der Waals surface area contributed by atoms with Gasteiger partial charge in [0.2, 0.25) is 0 Å². The molecule has 0 amide bonds. The van der Waals surface area contributed by atoms with E-state index in [9.17, 15) is 9.59 Å². The highest BCUT2D eigenvalue weighted by atomic mass is 35.5. The summed E-state index contributed by atoms with van der Waals surface area (Å²) in [6.07, 6.45) is 4.69. The van der Waals surface area contributed by atoms with Crippen LogP contribution in [0.1, 0.15) is 17.0 Å². The number of methoxy groups -OCH3 is 1. The molecule has 0 bridgehead atoms. The number of pyridine rings is 1. The quantitative estimate of drug-likeness (QED) is 0.346. The van der Waals surface area contributed by atoms with Gasteiger partial charge in [-0.15, -0.1) is 0 Å². The first-order chi connectivity index (χ1) is 17.5. The summed E-state index contributed by atoms with van der Waals surface area (Å²) in [7, 11) is 1.60. The average Bonchev–Trinajstić information content (AvgIpc) is 3.22. The van der Waals surface area contributed by atoms with E-state index in [-0.39, 0.29) is 30.9 Å². The molecule has 0 saturated heterocycles. The Morgan fingerprint density at radius 3 is 2.67 bits per heavy atom. The van der Waals surface area contributed by atoms with Crippen molar-refractivity contribution in [2.24, 2.45) is 0 Å². The van der Waals surface area contributed by atoms with Crippen molar-refractivity contribution < 1.29 is 9.47 Å². The lowest BCUT2D eigenvalue weighted by atomic mass is 10.2. The summed E-state index contributed by atoms with van der Waals surface area (Å²) in [6, 6.07) is 15.9. The van der Waals surface area contributed by atoms with Gasteiger partial charge in [0.1, 0.15) is 5.75 Å². The van der Waals surface area contributed by atoms with Crippen LogP contribution < -0.4 is 15.9 Å². The lowest BCUT2D eigenvalue weighted by molar-refractivity contribution is 0.102. The lowest BCUT2D eigenvalue weighted by Crippen LogP contribution is -2.26. The standard InChI is InChI=1S/C26H22ClN5O4/c1-35-19-6-4-5-17(11-19)15-36-16-23-25-21(12-24(33)31(23)14-18-13-28-9-10-29-18)30-32(26(25)34)22-8-3-2-7-20(22)27/h2-13,30H,14-16H2,1H3. The maximum absolute atomic E-state index is 13.6. The van der Waals surface area contributed by atoms with Gasteiger partial charge >= 0.3 is 0 Å². The van der Waals surface area contributed by atoms with Crippen LogP contribution in [-0.4, -0.2) is 31.4 Å². The van der Waals surface area contributed by atoms with E-state index in [1.807, 2.05) is 24.3 Å². The Bertz CT molecular complexity index is 1640. The number of hydrogen-bond donors (Lipinski definition) is 1. The van der Waals surface area contributed by atoms with Crippen molar-refractivity contribution in [1.82, 2.24) is 24.3 Å². The summed E-state index contributed by atoms with van der Waals surface area (Å²) in [5, 5.41) is 3.76. The second-order valence-corrected chi connectivity index (χ2v) is 8.46. The Morgan fingerprint density at radius 2 is 1.89 bits per heavy atom. The van der Waals surface area contributed by atoms with Crippen LogP contribution in [0.5, 0.6) is 5.75 Å². The van der Waals surface area contributed by atoms with Crippen LogP contribution in [-0.2, 0) is 24.5 Å². The second-order valence-electron chi connectivity index (χ2n) is 8.05. The number of hydrogen-bond acceptors (Lipinski definition) is 6. The third kappa shape index (κ3) is 4.66. The zero-order valence-corrected chi connectivity index (χ0v) is 20.1. The molecule has 2 aromatic carbocycles. The molecule has 0 fully saturated rings. The molecule has 10 heteroatoms. The Balaban J connectivity index is 1.60. The lowest BCUT2D eigenvalue weighted by Gasteiger charge is -2.14. The van der Waals surface area contributed by atoms with E-state index in [4.69, 9.17) is 21.1 Å². The average molecular weight is 504 g/mol. The van der Waals surface area contributed by atoms with Crippen molar-refractivity contribution in [2.45, 2.75) is 19.8 Å². The molecule has 0 spiro atoms. The fraction of sp³-hybridized carbons (Fsp3) is 0.154. The first kappa shape index (κ1) is 23.5. The summed E-state index contributed by atoms with van der Waals surface area (Å²) < 4.78 is 14.1. The number of nitrogens with one attached hydrogen (secondary N) is 1. The summed E-state index contributed by atoms with van der Waals surface area (Å²) in [5.74, 6) is 0.714. The molecular weight excluding hydrogens is 482 g/mol. The molecule has 0 aliphatic rings. The number of aromatic nitrogens is 5. The maximum atomic E-state index is 13.6. The largest absolute Gasteiger partial charge is 0.497 e. The van der Waals surface area contributed by atoms with Crippen molar-refractivity contribution in [3.05, 3.63) is 116 Å². The monoisotopic (exact) mass is 503 g/mol. The summed E-state index contributed by atoms with van der Waals surface area (Å²) in [6.45, 7) is 0.410. The minimum Gasteiger partial charge on any atom is -0.497 e. The smallest absolute Gasteiger partial charge is 0.281 e. The normalized spacial score (nSPS) is 11.2. The third-order valence-electron chi connectivity index (χ3n) is 5.74. The topological polar surface area (TPSA) is 104 Å². The van der Waals surface area contributed by atoms with Crippen molar-refractivity contribution in [3.63, 3.8) is 0 Å². The van der Waals surface area contributed by atoms with Crippen LogP contribution in [0.25, 0.3) is 16.6 Å². The second kappa shape index (κ2) is 10.2. The summed E-state index contributed by atoms with van der Waals surface area (Å²) >= 11 is 6.35. The van der Waals surface area contributed by atoms with E-state index in [0.29, 0.717) is 38.8 Å². The van der Waals surface area contributed by atoms with E-state index in [2.05, 4.69) is 15.1 Å². The van der Waals surface area contributed by atoms with Gasteiger partial charge in [-0.05, 0) is 29.8 Å². The SMILES string of the molecule is COc1cccc(COCc2c3c(=O)n(-c4ccccc4Cl)[nH]c3cc(=O)n2Cc2cnccn2)c1. The van der Waals surface area contributed by atoms with Gasteiger partial charge in [-0.1, -0.05) is 35.9 Å². The molecule has 0 aliphatic heterocycles. The van der Waals surface area contributed by atoms with E-state index in [1.165, 1.54) is 15.3 Å². The number of ether oxygens (including phenoxy) is 2. The molecule has 5 rings (SSSR count). The highest BCUT2D eigenvalue weighted by Crippen LogP contribution is 2.21. The molecule has 0 atom stereocenters. The Morgan fingerprint density at radius 1 is 1.03 bits per heavy atom. The van der Waals surface area contributed by atoms with Gasteiger partial charge in [0.15, 0.2) is 0 Å². The highest BCUT2D eigenvalue weighted by molar-refractivity contribution is 6.32. The van der Waals surface area contributed by atoms with Crippen LogP contribution in [0.2, 0.25) is 5.02 Å². The van der Waals surface area contributed by atoms with Gasteiger partial charge < -0.3 is 14.0 Å². The number of nitrogens with zero attached hydrogens (tertiary/aromatic N) is 4. The minimum absolute atomic E-state index is 0.0136. The zero-order chi connectivity index (χ0) is 25.1. The molecule has 0 aliphatic carbocycles. The van der Waals surface area contributed by atoms with Gasteiger partial charge in [0, 0.05) is 18.5 Å². The van der Waals surface area contributed by atoms with Crippen LogP contribution in [0.4, 0.5) is 0 Å². The van der Waals surface area contributed by atoms with Gasteiger partial charge in [0.25, 0.3) is 11.1 Å². The minimum atomic E-state index is -0.342. The van der Waals surface area contributed by atoms with Crippen LogP contribution >= 0.6 is 11.6 Å². The third-order valence-corrected chi connectivity index (χ3v) is 6.06. The van der Waals surface area contributed by atoms with E-state index in [0.717, 1.165) is 5.56 Å². The van der Waals surface area contributed by atoms with Crippen LogP contribution in [0, 0.1) is 0 Å². The molecule has 0 unspecified atom stereocenters. The molecule has 3 heterocycles. The number of H-pyrrole nitrogens is 1. The zero-order valence-electron chi connectivity index (χ0n) is 19.3. The van der Waals surface area contributed by atoms with Crippen LogP contribution in [0.3, 0.4) is 0 Å². The van der Waals surface area contributed by atoms with Crippen molar-refractivity contribution >= 4 is 22.5 Å². The van der Waals surface area contributed by atoms with Crippen molar-refractivity contribution in [1.29, 1.82) is 0 Å². The molecule has 0 saturated carbocycles. The van der Waals surface area contributed by atoms with Crippen molar-refractivity contribution in [3.8, 4) is 11.4 Å². The van der Waals surface area contributed by atoms with Gasteiger partial charge in [0.05, 0.1) is 66.1 Å². The van der Waals surface area contributed by atoms with E-state index < -0.39 is 0 Å². The Kier molecular flexibility index (Phi) is 6.66. The predicted molar refractivity (Wildman–Crippen MR) is 136 cm³/mol. The number of fused-ring (bicyclic) bond motifs is 1. The number of halogens is 1. The van der Waals surface area contributed by atoms with Gasteiger partial charge in [-0.25, -0.2) is 4.68 Å². The van der Waals surface area contributed by atoms with E-state index >= 15 is 0 Å². The Hall–Kier alpha value is -4.21. The number of benzene rings is 2. The first-order valence-corrected chi connectivity index (χ1v) is 11.5. The Labute approximate surface area is 210 Å². The van der Waals surface area contributed by atoms with Gasteiger partial charge in [-0.2, -0.15) is 0 Å². The summed E-state index contributed by atoms with van der Waals surface area (Å²) in [5.41, 5.74) is 2.13. The van der Waals surface area contributed by atoms with Gasteiger partial charge in [-0.3, -0.25) is 24.7 Å². The number of aromatic amines is 1. The molecular formula is C26H22ClN5O4. The highest BCUT2D eigenvalue weighted by Gasteiger charge is 2.19. The maximum Gasteiger partial charge on any atom is 0.281 e. The van der Waals surface area contributed by atoms with Crippen LogP contribution in [0.15, 0.2) is 82.8 Å². The fourth-order valence-electron chi connectivity index (χ4n) is 4.03. The molecule has 3 aromatic heterocycles. The van der Waals surface area contributed by atoms with Crippen molar-refractivity contribution in [2.75, 3.05) is 7.11 Å². The molecule has 36 heavy (non-hydrogen) atoms. The fourth-order valence-corrected chi connectivity index (χ4v) is 4.25. The molecule has 5 aromatic rings. The summed E-state index contributed by atoms with van der Waals surface area (Å²) in [4.78, 5) is 35.1. The molecule has 182 valence electrons. The number of para-hydroxylation sites is 1. The molecule has 1 N–H and O–H groups in total. The first-order valence-electron chi connectivity index (χ1n) is 11.1. The molecule has 9 nitrogen and oxygen atoms in total. The molecule has 0 radical (unpaired) electrons. The predicted octanol–water partition coefficient (Wildman–Crippen LogP) is 3.70. The number of rotatable bonds is 8. The van der Waals surface area contributed by atoms with E-state index in [1.54, 1.807) is 50.0 Å².